The highest BCUT2D eigenvalue weighted by atomic mass is 16.3. The number of hydrogen-bond acceptors (Lipinski definition) is 2. The van der Waals surface area contributed by atoms with E-state index in [1.54, 1.807) is 0 Å². The Morgan fingerprint density at radius 3 is 2.39 bits per heavy atom. The number of nitrogens with zero attached hydrogens (tertiary/aromatic N) is 1. The fourth-order valence-corrected chi connectivity index (χ4v) is 1.93. The monoisotopic (exact) mass is 241 g/mol. The van der Waals surface area contributed by atoms with E-state index in [-0.39, 0.29) is 0 Å². The summed E-state index contributed by atoms with van der Waals surface area (Å²) in [5.41, 5.74) is 2.46. The van der Waals surface area contributed by atoms with Gasteiger partial charge in [-0.15, -0.1) is 6.58 Å². The molecule has 0 aliphatic carbocycles. The van der Waals surface area contributed by atoms with Gasteiger partial charge in [-0.05, 0) is 38.1 Å². The maximum atomic E-state index is 5.63. The Kier molecular flexibility index (Phi) is 3.88. The van der Waals surface area contributed by atoms with Crippen molar-refractivity contribution in [3.63, 3.8) is 0 Å². The van der Waals surface area contributed by atoms with E-state index in [0.717, 1.165) is 24.6 Å². The molecule has 2 nitrogen and oxygen atoms in total. The van der Waals surface area contributed by atoms with Crippen molar-refractivity contribution in [2.75, 3.05) is 11.4 Å². The average Bonchev–Trinajstić information content (AvgIpc) is 2.75. The maximum Gasteiger partial charge on any atom is 0.123 e. The van der Waals surface area contributed by atoms with Crippen molar-refractivity contribution < 1.29 is 4.42 Å². The Hall–Kier alpha value is -1.96. The van der Waals surface area contributed by atoms with Gasteiger partial charge in [0.05, 0.1) is 6.54 Å². The zero-order valence-corrected chi connectivity index (χ0v) is 11.0. The Bertz CT molecular complexity index is 510. The van der Waals surface area contributed by atoms with Gasteiger partial charge in [0, 0.05) is 12.2 Å². The Labute approximate surface area is 109 Å². The summed E-state index contributed by atoms with van der Waals surface area (Å²) in [7, 11) is 0. The number of furan rings is 1. The molecule has 2 aromatic rings. The van der Waals surface area contributed by atoms with Crippen LogP contribution in [0.5, 0.6) is 0 Å². The largest absolute Gasteiger partial charge is 0.464 e. The smallest absolute Gasteiger partial charge is 0.123 e. The third-order valence-corrected chi connectivity index (χ3v) is 2.89. The van der Waals surface area contributed by atoms with Crippen molar-refractivity contribution in [1.82, 2.24) is 0 Å². The van der Waals surface area contributed by atoms with Crippen LogP contribution in [-0.2, 0) is 6.54 Å². The molecular weight excluding hydrogens is 222 g/mol. The fourth-order valence-electron chi connectivity index (χ4n) is 1.93. The molecule has 0 fully saturated rings. The van der Waals surface area contributed by atoms with E-state index >= 15 is 0 Å². The summed E-state index contributed by atoms with van der Waals surface area (Å²) in [6, 6.07) is 12.5. The van der Waals surface area contributed by atoms with Gasteiger partial charge in [0.2, 0.25) is 0 Å². The Morgan fingerprint density at radius 2 is 1.83 bits per heavy atom. The molecule has 0 saturated heterocycles. The first-order valence-electron chi connectivity index (χ1n) is 6.17. The molecule has 0 atom stereocenters. The average molecular weight is 241 g/mol. The molecular formula is C16H19NO. The van der Waals surface area contributed by atoms with Crippen molar-refractivity contribution in [2.24, 2.45) is 0 Å². The van der Waals surface area contributed by atoms with Gasteiger partial charge < -0.3 is 9.32 Å². The molecule has 18 heavy (non-hydrogen) atoms. The molecule has 1 heterocycles. The second kappa shape index (κ2) is 5.58. The molecule has 0 aliphatic rings. The molecule has 0 amide bonds. The van der Waals surface area contributed by atoms with Crippen LogP contribution in [-0.4, -0.2) is 6.54 Å². The predicted octanol–water partition coefficient (Wildman–Crippen LogP) is 4.09. The summed E-state index contributed by atoms with van der Waals surface area (Å²) in [5.74, 6) is 1.93. The molecule has 0 aliphatic heterocycles. The quantitative estimate of drug-likeness (QED) is 0.733. The van der Waals surface area contributed by atoms with Crippen LogP contribution in [0.15, 0.2) is 53.5 Å². The van der Waals surface area contributed by atoms with Gasteiger partial charge in [0.15, 0.2) is 0 Å². The standard InChI is InChI=1S/C16H19NO/c1-4-11-17(12-16-10-7-14(3)18-16)15-8-5-13(2)6-9-15/h4-10H,1,11-12H2,2-3H3. The summed E-state index contributed by atoms with van der Waals surface area (Å²) in [6.45, 7) is 9.45. The first-order chi connectivity index (χ1) is 8.69. The van der Waals surface area contributed by atoms with Gasteiger partial charge in [-0.3, -0.25) is 0 Å². The minimum absolute atomic E-state index is 0.767. The third-order valence-electron chi connectivity index (χ3n) is 2.89. The first kappa shape index (κ1) is 12.5. The number of hydrogen-bond donors (Lipinski definition) is 0. The van der Waals surface area contributed by atoms with E-state index in [1.165, 1.54) is 11.3 Å². The fraction of sp³-hybridized carbons (Fsp3) is 0.250. The molecule has 0 radical (unpaired) electrons. The second-order valence-electron chi connectivity index (χ2n) is 4.52. The van der Waals surface area contributed by atoms with Gasteiger partial charge in [-0.25, -0.2) is 0 Å². The van der Waals surface area contributed by atoms with Crippen LogP contribution in [0.1, 0.15) is 17.1 Å². The number of benzene rings is 1. The SMILES string of the molecule is C=CCN(Cc1ccc(C)o1)c1ccc(C)cc1. The van der Waals surface area contributed by atoms with Gasteiger partial charge in [-0.1, -0.05) is 23.8 Å². The van der Waals surface area contributed by atoms with E-state index in [1.807, 2.05) is 25.1 Å². The van der Waals surface area contributed by atoms with E-state index in [9.17, 15) is 0 Å². The summed E-state index contributed by atoms with van der Waals surface area (Å²) in [6.07, 6.45) is 1.91. The second-order valence-corrected chi connectivity index (χ2v) is 4.52. The number of rotatable bonds is 5. The third kappa shape index (κ3) is 3.04. The molecule has 94 valence electrons. The van der Waals surface area contributed by atoms with Crippen LogP contribution in [0, 0.1) is 13.8 Å². The predicted molar refractivity (Wildman–Crippen MR) is 75.9 cm³/mol. The van der Waals surface area contributed by atoms with Crippen LogP contribution in [0.3, 0.4) is 0 Å². The highest BCUT2D eigenvalue weighted by molar-refractivity contribution is 5.48. The van der Waals surface area contributed by atoms with E-state index < -0.39 is 0 Å². The van der Waals surface area contributed by atoms with Crippen molar-refractivity contribution in [3.05, 3.63) is 66.1 Å². The summed E-state index contributed by atoms with van der Waals surface area (Å²) >= 11 is 0. The van der Waals surface area contributed by atoms with E-state index in [4.69, 9.17) is 4.42 Å². The van der Waals surface area contributed by atoms with Crippen LogP contribution in [0.4, 0.5) is 5.69 Å². The lowest BCUT2D eigenvalue weighted by Gasteiger charge is -2.22. The van der Waals surface area contributed by atoms with Gasteiger partial charge in [0.25, 0.3) is 0 Å². The molecule has 0 N–H and O–H groups in total. The van der Waals surface area contributed by atoms with Crippen molar-refractivity contribution in [3.8, 4) is 0 Å². The van der Waals surface area contributed by atoms with Crippen molar-refractivity contribution in [2.45, 2.75) is 20.4 Å². The molecule has 2 rings (SSSR count). The number of aryl methyl sites for hydroxylation is 2. The summed E-state index contributed by atoms with van der Waals surface area (Å²) in [4.78, 5) is 2.24. The Morgan fingerprint density at radius 1 is 1.11 bits per heavy atom. The zero-order valence-electron chi connectivity index (χ0n) is 11.0. The van der Waals surface area contributed by atoms with Gasteiger partial charge >= 0.3 is 0 Å². The molecule has 0 spiro atoms. The van der Waals surface area contributed by atoms with Crippen LogP contribution in [0.25, 0.3) is 0 Å². The number of anilines is 1. The molecule has 0 bridgehead atoms. The van der Waals surface area contributed by atoms with Crippen LogP contribution < -0.4 is 4.90 Å². The molecule has 0 saturated carbocycles. The minimum Gasteiger partial charge on any atom is -0.464 e. The van der Waals surface area contributed by atoms with Crippen molar-refractivity contribution in [1.29, 1.82) is 0 Å². The molecule has 0 unspecified atom stereocenters. The van der Waals surface area contributed by atoms with E-state index in [0.29, 0.717) is 0 Å². The molecule has 1 aromatic heterocycles. The van der Waals surface area contributed by atoms with Crippen LogP contribution in [0.2, 0.25) is 0 Å². The highest BCUT2D eigenvalue weighted by Gasteiger charge is 2.08. The minimum atomic E-state index is 0.767. The topological polar surface area (TPSA) is 16.4 Å². The lowest BCUT2D eigenvalue weighted by atomic mass is 10.2. The molecule has 2 heteroatoms. The normalized spacial score (nSPS) is 10.3. The van der Waals surface area contributed by atoms with Crippen molar-refractivity contribution >= 4 is 5.69 Å². The van der Waals surface area contributed by atoms with E-state index in [2.05, 4.69) is 42.7 Å². The van der Waals surface area contributed by atoms with Crippen LogP contribution >= 0.6 is 0 Å². The zero-order chi connectivity index (χ0) is 13.0. The lowest BCUT2D eigenvalue weighted by Crippen LogP contribution is -2.22. The van der Waals surface area contributed by atoms with Gasteiger partial charge in [-0.2, -0.15) is 0 Å². The highest BCUT2D eigenvalue weighted by Crippen LogP contribution is 2.19. The lowest BCUT2D eigenvalue weighted by molar-refractivity contribution is 0.480. The van der Waals surface area contributed by atoms with Gasteiger partial charge in [0.1, 0.15) is 11.5 Å². The molecule has 1 aromatic carbocycles. The first-order valence-corrected chi connectivity index (χ1v) is 6.17. The Balaban J connectivity index is 2.17. The summed E-state index contributed by atoms with van der Waals surface area (Å²) < 4.78 is 5.63. The maximum absolute atomic E-state index is 5.63. The summed E-state index contributed by atoms with van der Waals surface area (Å²) in [5, 5.41) is 0.